The number of nitrogens with one attached hydrogen (secondary N) is 2. The lowest BCUT2D eigenvalue weighted by Crippen LogP contribution is -2.45. The van der Waals surface area contributed by atoms with Crippen molar-refractivity contribution in [2.45, 2.75) is 30.2 Å². The maximum absolute atomic E-state index is 12.6. The maximum Gasteiger partial charge on any atom is 0.241 e. The highest BCUT2D eigenvalue weighted by molar-refractivity contribution is 7.89. The quantitative estimate of drug-likeness (QED) is 0.835. The van der Waals surface area contributed by atoms with Crippen LogP contribution >= 0.6 is 0 Å². The summed E-state index contributed by atoms with van der Waals surface area (Å²) in [4.78, 5) is 14.1. The molecule has 1 aromatic rings. The number of carbonyl (C=O) groups is 1. The first-order valence-corrected chi connectivity index (χ1v) is 9.24. The number of amides is 1. The number of sulfonamides is 1. The molecule has 1 aromatic carbocycles. The highest BCUT2D eigenvalue weighted by Crippen LogP contribution is 2.32. The zero-order valence-corrected chi connectivity index (χ0v) is 13.9. The lowest BCUT2D eigenvalue weighted by molar-refractivity contribution is -0.122. The maximum atomic E-state index is 12.6. The van der Waals surface area contributed by atoms with Crippen LogP contribution < -0.4 is 19.7 Å². The van der Waals surface area contributed by atoms with Crippen LogP contribution in [0.25, 0.3) is 0 Å². The van der Waals surface area contributed by atoms with Crippen LogP contribution in [0.3, 0.4) is 0 Å². The van der Waals surface area contributed by atoms with Gasteiger partial charge in [0.15, 0.2) is 0 Å². The van der Waals surface area contributed by atoms with Crippen molar-refractivity contribution in [1.29, 1.82) is 0 Å². The number of hydrogen-bond donors (Lipinski definition) is 2. The van der Waals surface area contributed by atoms with Crippen LogP contribution in [-0.2, 0) is 14.8 Å². The molecule has 1 atom stereocenters. The van der Waals surface area contributed by atoms with Gasteiger partial charge in [-0.15, -0.1) is 0 Å². The summed E-state index contributed by atoms with van der Waals surface area (Å²) in [6.45, 7) is 1.88. The molecule has 7 nitrogen and oxygen atoms in total. The first-order chi connectivity index (χ1) is 11.0. The third kappa shape index (κ3) is 3.42. The molecule has 2 aliphatic rings. The number of hydrogen-bond acceptors (Lipinski definition) is 5. The van der Waals surface area contributed by atoms with Gasteiger partial charge >= 0.3 is 0 Å². The summed E-state index contributed by atoms with van der Waals surface area (Å²) in [5.41, 5.74) is 0.863. The van der Waals surface area contributed by atoms with Gasteiger partial charge < -0.3 is 15.0 Å². The molecular weight excluding hydrogens is 318 g/mol. The summed E-state index contributed by atoms with van der Waals surface area (Å²) in [6.07, 6.45) is 2.18. The Hall–Kier alpha value is -1.80. The fourth-order valence-corrected chi connectivity index (χ4v) is 4.06. The molecule has 23 heavy (non-hydrogen) atoms. The van der Waals surface area contributed by atoms with E-state index in [2.05, 4.69) is 10.0 Å². The summed E-state index contributed by atoms with van der Waals surface area (Å²) in [5.74, 6) is 0.284. The molecule has 1 saturated heterocycles. The van der Waals surface area contributed by atoms with Gasteiger partial charge in [-0.1, -0.05) is 0 Å². The van der Waals surface area contributed by atoms with E-state index in [1.165, 1.54) is 6.07 Å². The van der Waals surface area contributed by atoms with Crippen molar-refractivity contribution in [1.82, 2.24) is 10.0 Å². The Kier molecular flexibility index (Phi) is 4.45. The lowest BCUT2D eigenvalue weighted by Gasteiger charge is -2.28. The molecule has 0 spiro atoms. The van der Waals surface area contributed by atoms with Crippen molar-refractivity contribution in [2.24, 2.45) is 0 Å². The van der Waals surface area contributed by atoms with E-state index in [1.807, 2.05) is 11.9 Å². The van der Waals surface area contributed by atoms with Gasteiger partial charge in [-0.2, -0.15) is 4.72 Å². The van der Waals surface area contributed by atoms with Crippen LogP contribution in [0.2, 0.25) is 0 Å². The van der Waals surface area contributed by atoms with Crippen molar-refractivity contribution in [2.75, 3.05) is 31.6 Å². The zero-order valence-electron chi connectivity index (χ0n) is 13.0. The highest BCUT2D eigenvalue weighted by atomic mass is 32.2. The van der Waals surface area contributed by atoms with E-state index in [-0.39, 0.29) is 10.8 Å². The van der Waals surface area contributed by atoms with E-state index in [0.29, 0.717) is 25.3 Å². The van der Waals surface area contributed by atoms with Crippen molar-refractivity contribution in [3.63, 3.8) is 0 Å². The van der Waals surface area contributed by atoms with Crippen molar-refractivity contribution >= 4 is 21.6 Å². The molecule has 0 aliphatic carbocycles. The number of benzene rings is 1. The fourth-order valence-electron chi connectivity index (χ4n) is 2.81. The van der Waals surface area contributed by atoms with E-state index < -0.39 is 16.1 Å². The Morgan fingerprint density at radius 2 is 2.17 bits per heavy atom. The topological polar surface area (TPSA) is 87.7 Å². The van der Waals surface area contributed by atoms with E-state index in [0.717, 1.165) is 25.1 Å². The molecule has 1 fully saturated rings. The predicted molar refractivity (Wildman–Crippen MR) is 86.2 cm³/mol. The van der Waals surface area contributed by atoms with Crippen molar-refractivity contribution in [3.05, 3.63) is 18.2 Å². The zero-order chi connectivity index (χ0) is 16.4. The molecule has 0 aromatic heterocycles. The minimum absolute atomic E-state index is 0.114. The second kappa shape index (κ2) is 6.37. The Bertz CT molecular complexity index is 705. The van der Waals surface area contributed by atoms with Gasteiger partial charge in [0.1, 0.15) is 18.4 Å². The van der Waals surface area contributed by atoms with Gasteiger partial charge in [0.25, 0.3) is 0 Å². The highest BCUT2D eigenvalue weighted by Gasteiger charge is 2.28. The molecule has 2 aliphatic heterocycles. The Morgan fingerprint density at radius 3 is 3.00 bits per heavy atom. The average Bonchev–Trinajstić information content (AvgIpc) is 2.72. The van der Waals surface area contributed by atoms with Crippen LogP contribution in [0, 0.1) is 0 Å². The van der Waals surface area contributed by atoms with Gasteiger partial charge in [0, 0.05) is 19.7 Å². The third-order valence-electron chi connectivity index (χ3n) is 4.17. The number of likely N-dealkylation sites (N-methyl/N-ethyl adjacent to an activating group) is 1. The fraction of sp³-hybridized carbons (Fsp3) is 0.533. The molecule has 8 heteroatoms. The van der Waals surface area contributed by atoms with E-state index in [1.54, 1.807) is 12.1 Å². The molecule has 3 rings (SSSR count). The minimum atomic E-state index is -3.77. The Labute approximate surface area is 136 Å². The number of rotatable bonds is 3. The van der Waals surface area contributed by atoms with E-state index in [9.17, 15) is 13.2 Å². The summed E-state index contributed by atoms with van der Waals surface area (Å²) >= 11 is 0. The van der Waals surface area contributed by atoms with Crippen LogP contribution in [0.1, 0.15) is 19.3 Å². The molecule has 0 unspecified atom stereocenters. The second-order valence-electron chi connectivity index (χ2n) is 5.86. The third-order valence-corrected chi connectivity index (χ3v) is 5.64. The molecule has 1 amide bonds. The average molecular weight is 339 g/mol. The van der Waals surface area contributed by atoms with Crippen molar-refractivity contribution in [3.8, 4) is 5.75 Å². The Morgan fingerprint density at radius 1 is 1.35 bits per heavy atom. The number of nitrogens with zero attached hydrogens (tertiary/aromatic N) is 1. The molecule has 2 N–H and O–H groups in total. The number of fused-ring (bicyclic) bond motifs is 1. The second-order valence-corrected chi connectivity index (χ2v) is 7.57. The molecule has 2 heterocycles. The standard InChI is InChI=1S/C15H21N3O4S/c1-18-8-9-22-14-10-11(5-6-13(14)18)23(20,21)17-12-4-2-3-7-16-15(12)19/h5-6,10,12,17H,2-4,7-9H2,1H3,(H,16,19)/t12-/m1/s1. The smallest absolute Gasteiger partial charge is 0.241 e. The minimum Gasteiger partial charge on any atom is -0.490 e. The first kappa shape index (κ1) is 16.1. The number of anilines is 1. The molecule has 0 bridgehead atoms. The lowest BCUT2D eigenvalue weighted by atomic mass is 10.1. The molecule has 0 radical (unpaired) electrons. The summed E-state index contributed by atoms with van der Waals surface area (Å²) in [7, 11) is -1.84. The Balaban J connectivity index is 1.83. The SMILES string of the molecule is CN1CCOc2cc(S(=O)(=O)N[C@@H]3CCCCNC3=O)ccc21. The summed E-state index contributed by atoms with van der Waals surface area (Å²) in [5, 5.41) is 2.73. The van der Waals surface area contributed by atoms with E-state index >= 15 is 0 Å². The first-order valence-electron chi connectivity index (χ1n) is 7.75. The van der Waals surface area contributed by atoms with Gasteiger partial charge in [0.2, 0.25) is 15.9 Å². The van der Waals surface area contributed by atoms with Crippen LogP contribution in [0.5, 0.6) is 5.75 Å². The van der Waals surface area contributed by atoms with E-state index in [4.69, 9.17) is 4.74 Å². The largest absolute Gasteiger partial charge is 0.490 e. The van der Waals surface area contributed by atoms with Gasteiger partial charge in [-0.05, 0) is 31.4 Å². The van der Waals surface area contributed by atoms with Gasteiger partial charge in [0.05, 0.1) is 17.1 Å². The summed E-state index contributed by atoms with van der Waals surface area (Å²) in [6, 6.07) is 4.07. The normalized spacial score (nSPS) is 21.9. The molecule has 0 saturated carbocycles. The van der Waals surface area contributed by atoms with Gasteiger partial charge in [-0.25, -0.2) is 8.42 Å². The van der Waals surface area contributed by atoms with Crippen molar-refractivity contribution < 1.29 is 17.9 Å². The predicted octanol–water partition coefficient (Wildman–Crippen LogP) is 0.462. The number of carbonyl (C=O) groups excluding carboxylic acids is 1. The monoisotopic (exact) mass is 339 g/mol. The molecular formula is C15H21N3O4S. The van der Waals surface area contributed by atoms with Gasteiger partial charge in [-0.3, -0.25) is 4.79 Å². The van der Waals surface area contributed by atoms with Crippen LogP contribution in [0.15, 0.2) is 23.1 Å². The molecule has 126 valence electrons. The van der Waals surface area contributed by atoms with Crippen LogP contribution in [0.4, 0.5) is 5.69 Å². The number of ether oxygens (including phenoxy) is 1. The summed E-state index contributed by atoms with van der Waals surface area (Å²) < 4.78 is 33.2. The van der Waals surface area contributed by atoms with Crippen LogP contribution in [-0.4, -0.2) is 47.1 Å².